The maximum atomic E-state index is 12.1. The van der Waals surface area contributed by atoms with E-state index in [9.17, 15) is 24.0 Å². The van der Waals surface area contributed by atoms with E-state index in [0.717, 1.165) is 23.8 Å². The van der Waals surface area contributed by atoms with Gasteiger partial charge in [0.05, 0.1) is 32.4 Å². The number of Topliss-reactive ketones (excluding diaryl/α,β-unsaturated/α-hetero) is 1. The Morgan fingerprint density at radius 2 is 1.37 bits per heavy atom. The van der Waals surface area contributed by atoms with Crippen LogP contribution in [0.2, 0.25) is 0 Å². The minimum atomic E-state index is -0.850. The van der Waals surface area contributed by atoms with E-state index in [0.29, 0.717) is 18.0 Å². The second-order valence-corrected chi connectivity index (χ2v) is 20.2. The Bertz CT molecular complexity index is 1090. The van der Waals surface area contributed by atoms with Gasteiger partial charge in [-0.1, -0.05) is 87.0 Å². The van der Waals surface area contributed by atoms with Gasteiger partial charge in [0, 0.05) is 25.2 Å². The lowest BCUT2D eigenvalue weighted by atomic mass is 9.94. The van der Waals surface area contributed by atoms with Gasteiger partial charge in [0.2, 0.25) is 5.91 Å². The minimum Gasteiger partial charge on any atom is -0.469 e. The van der Waals surface area contributed by atoms with Gasteiger partial charge in [-0.25, -0.2) is 15.0 Å². The maximum Gasteiger partial charge on any atom is 0.325 e. The first-order valence-electron chi connectivity index (χ1n) is 18.6. The van der Waals surface area contributed by atoms with Crippen molar-refractivity contribution in [3.8, 4) is 0 Å². The second-order valence-electron chi connectivity index (χ2n) is 14.0. The molecule has 0 aliphatic heterocycles. The lowest BCUT2D eigenvalue weighted by Crippen LogP contribution is -2.49. The van der Waals surface area contributed by atoms with Crippen molar-refractivity contribution in [2.45, 2.75) is 124 Å². The number of amides is 2. The molecule has 0 saturated heterocycles. The topological polar surface area (TPSA) is 159 Å². The van der Waals surface area contributed by atoms with Crippen LogP contribution < -0.4 is 10.6 Å². The van der Waals surface area contributed by atoms with E-state index in [1.807, 2.05) is 6.92 Å². The lowest BCUT2D eigenvalue weighted by Gasteiger charge is -2.40. The molecule has 2 N–H and O–H groups in total. The lowest BCUT2D eigenvalue weighted by molar-refractivity contribution is -0.141. The molecule has 320 valence electrons. The summed E-state index contributed by atoms with van der Waals surface area (Å²) in [5.41, 5.74) is 0.279. The summed E-state index contributed by atoms with van der Waals surface area (Å²) in [7, 11) is 3.83. The molecule has 12 nitrogen and oxygen atoms in total. The molecular weight excluding hydrogens is 751 g/mol. The molecule has 15 heteroatoms. The van der Waals surface area contributed by atoms with E-state index < -0.39 is 23.8 Å². The average Bonchev–Trinajstić information content (AvgIpc) is 3.57. The first kappa shape index (κ1) is 58.5. The molecule has 1 aromatic rings. The summed E-state index contributed by atoms with van der Waals surface area (Å²) in [6.45, 7) is 19.7. The zero-order chi connectivity index (χ0) is 42.8. The fourth-order valence-electron chi connectivity index (χ4n) is 3.54. The monoisotopic (exact) mass is 827 g/mol. The third kappa shape index (κ3) is 36.8. The van der Waals surface area contributed by atoms with Gasteiger partial charge in [0.25, 0.3) is 5.91 Å². The molecule has 0 fully saturated rings. The zero-order valence-corrected chi connectivity index (χ0v) is 38.8. The van der Waals surface area contributed by atoms with Crippen molar-refractivity contribution in [2.24, 2.45) is 5.92 Å². The summed E-state index contributed by atoms with van der Waals surface area (Å²) in [6.07, 6.45) is 17.3. The highest BCUT2D eigenvalue weighted by atomic mass is 32.3. The quantitative estimate of drug-likeness (QED) is 0.0734. The molecule has 0 bridgehead atoms. The van der Waals surface area contributed by atoms with Gasteiger partial charge in [0.15, 0.2) is 5.78 Å². The normalized spacial score (nSPS) is 11.4. The number of aromatic nitrogens is 1. The van der Waals surface area contributed by atoms with Crippen LogP contribution in [0.5, 0.6) is 0 Å². The van der Waals surface area contributed by atoms with E-state index in [2.05, 4.69) is 103 Å². The molecule has 1 aromatic heterocycles. The van der Waals surface area contributed by atoms with Crippen molar-refractivity contribution in [3.63, 3.8) is 0 Å². The predicted molar refractivity (Wildman–Crippen MR) is 231 cm³/mol. The number of methoxy groups -OCH3 is 3. The van der Waals surface area contributed by atoms with Gasteiger partial charge in [-0.15, -0.1) is 11.3 Å². The van der Waals surface area contributed by atoms with Crippen molar-refractivity contribution >= 4 is 63.5 Å². The largest absolute Gasteiger partial charge is 0.469 e. The van der Waals surface area contributed by atoms with E-state index >= 15 is 0 Å². The number of hydrogen-bond donors (Lipinski definition) is 3. The van der Waals surface area contributed by atoms with Gasteiger partial charge in [0.1, 0.15) is 24.9 Å². The fraction of sp³-hybridized carbons (Fsp3) is 0.795. The Kier molecular flexibility index (Phi) is 39.5. The van der Waals surface area contributed by atoms with Crippen LogP contribution in [0.25, 0.3) is 0 Å². The maximum absolute atomic E-state index is 12.1. The van der Waals surface area contributed by atoms with Gasteiger partial charge >= 0.3 is 11.9 Å². The smallest absolute Gasteiger partial charge is 0.325 e. The molecule has 1 heterocycles. The van der Waals surface area contributed by atoms with Crippen LogP contribution in [0.15, 0.2) is 5.38 Å². The molecule has 0 spiro atoms. The third-order valence-electron chi connectivity index (χ3n) is 7.64. The SMILES string of the molecule is CC(C)(C)S(C)(C)C.CCCC(CCC)CCC.CCCc1nc(C(=O)NC(CS)C(=O)NCC(=O)OC)cs1.COC(C)=O.COCCOCC(C)=O. The molecule has 0 aliphatic carbocycles. The highest BCUT2D eigenvalue weighted by Crippen LogP contribution is 2.48. The van der Waals surface area contributed by atoms with E-state index in [1.54, 1.807) is 12.5 Å². The molecule has 0 aromatic carbocycles. The second kappa shape index (κ2) is 36.4. The zero-order valence-electron chi connectivity index (χ0n) is 36.3. The van der Waals surface area contributed by atoms with Crippen LogP contribution in [0, 0.1) is 5.92 Å². The highest BCUT2D eigenvalue weighted by Gasteiger charge is 2.23. The van der Waals surface area contributed by atoms with E-state index in [4.69, 9.17) is 4.74 Å². The van der Waals surface area contributed by atoms with Gasteiger partial charge in [-0.05, 0) is 49.2 Å². The molecule has 1 atom stereocenters. The number of carbonyl (C=O) groups excluding carboxylic acids is 5. The number of nitrogens with zero attached hydrogens (tertiary/aromatic N) is 1. The van der Waals surface area contributed by atoms with Crippen LogP contribution in [0.1, 0.15) is 123 Å². The van der Waals surface area contributed by atoms with Crippen molar-refractivity contribution in [2.75, 3.05) is 72.2 Å². The molecular formula is C39H77N3O9S3. The van der Waals surface area contributed by atoms with Crippen molar-refractivity contribution < 1.29 is 42.9 Å². The summed E-state index contributed by atoms with van der Waals surface area (Å²) in [4.78, 5) is 59.0. The van der Waals surface area contributed by atoms with Crippen LogP contribution >= 0.6 is 34.0 Å². The number of nitrogens with one attached hydrogen (secondary N) is 2. The number of thiol groups is 1. The van der Waals surface area contributed by atoms with Gasteiger partial charge < -0.3 is 29.6 Å². The Labute approximate surface area is 339 Å². The molecule has 2 amide bonds. The van der Waals surface area contributed by atoms with Crippen molar-refractivity contribution in [1.29, 1.82) is 0 Å². The summed E-state index contributed by atoms with van der Waals surface area (Å²) in [6, 6.07) is -0.850. The van der Waals surface area contributed by atoms with Crippen molar-refractivity contribution in [3.05, 3.63) is 16.1 Å². The average molecular weight is 828 g/mol. The van der Waals surface area contributed by atoms with E-state index in [1.165, 1.54) is 77.9 Å². The molecule has 1 rings (SSSR count). The highest BCUT2D eigenvalue weighted by molar-refractivity contribution is 8.33. The number of hydrogen-bond acceptors (Lipinski definition) is 12. The third-order valence-corrected chi connectivity index (χ3v) is 12.6. The summed E-state index contributed by atoms with van der Waals surface area (Å²) in [5.74, 6) is -0.578. The van der Waals surface area contributed by atoms with E-state index in [-0.39, 0.29) is 46.4 Å². The standard InChI is InChI=1S/C13H19N3O4S2.C10H22.C7H18S.C6H12O3.C3H6O2/c1-3-4-10-15-9(7-22-10)13(19)16-8(6-21)12(18)14-5-11(17)20-2;1-4-7-10(8-5-2)9-6-3;1-7(2,3)8(4,5)6;1-6(7)5-9-4-3-8-2;1-3(4)5-2/h7-8,21H,3-6H2,1-2H3,(H,14,18)(H,16,19);10H,4-9H2,1-3H3;1-6H3;3-5H2,1-2H3;1-2H3. The molecule has 0 aliphatic rings. The minimum absolute atomic E-state index is 0.0473. The molecule has 0 saturated carbocycles. The number of carbonyl (C=O) groups is 5. The summed E-state index contributed by atoms with van der Waals surface area (Å²) in [5, 5.41) is 7.45. The predicted octanol–water partition coefficient (Wildman–Crippen LogP) is 7.31. The Hall–Kier alpha value is -2.20. The number of thiazole rings is 1. The van der Waals surface area contributed by atoms with Gasteiger partial charge in [-0.2, -0.15) is 12.6 Å². The number of ketones is 1. The molecule has 0 radical (unpaired) electrons. The Balaban J connectivity index is -0.000000326. The van der Waals surface area contributed by atoms with Crippen LogP contribution in [-0.2, 0) is 44.5 Å². The van der Waals surface area contributed by atoms with Crippen LogP contribution in [0.4, 0.5) is 0 Å². The molecule has 1 unspecified atom stereocenters. The first-order valence-corrected chi connectivity index (χ1v) is 23.0. The Morgan fingerprint density at radius 1 is 0.870 bits per heavy atom. The summed E-state index contributed by atoms with van der Waals surface area (Å²) < 4.78 is 18.6. The Morgan fingerprint density at radius 3 is 1.72 bits per heavy atom. The van der Waals surface area contributed by atoms with Crippen LogP contribution in [-0.4, -0.2) is 118 Å². The number of rotatable bonds is 19. The fourth-order valence-corrected chi connectivity index (χ4v) is 4.68. The van der Waals surface area contributed by atoms with Crippen LogP contribution in [0.3, 0.4) is 0 Å². The number of ether oxygens (including phenoxy) is 4. The summed E-state index contributed by atoms with van der Waals surface area (Å²) >= 11 is 5.45. The molecule has 54 heavy (non-hydrogen) atoms. The number of esters is 2. The van der Waals surface area contributed by atoms with Gasteiger partial charge in [-0.3, -0.25) is 24.0 Å². The van der Waals surface area contributed by atoms with Crippen molar-refractivity contribution in [1.82, 2.24) is 15.6 Å². The first-order chi connectivity index (χ1) is 25.1. The number of aryl methyl sites for hydroxylation is 1.